The molecule has 2 aromatic rings. The third-order valence-corrected chi connectivity index (χ3v) is 4.20. The highest BCUT2D eigenvalue weighted by Crippen LogP contribution is 2.24. The fraction of sp³-hybridized carbons (Fsp3) is 0.438. The predicted octanol–water partition coefficient (Wildman–Crippen LogP) is 0.830. The van der Waals surface area contributed by atoms with Crippen LogP contribution in [0.1, 0.15) is 21.7 Å². The Morgan fingerprint density at radius 1 is 1.52 bits per heavy atom. The van der Waals surface area contributed by atoms with Crippen molar-refractivity contribution >= 4 is 11.7 Å². The number of hydrogen-bond donors (Lipinski definition) is 3. The molecule has 122 valence electrons. The second-order valence-corrected chi connectivity index (χ2v) is 5.93. The van der Waals surface area contributed by atoms with Gasteiger partial charge in [-0.2, -0.15) is 5.10 Å². The van der Waals surface area contributed by atoms with E-state index in [0.29, 0.717) is 30.9 Å². The summed E-state index contributed by atoms with van der Waals surface area (Å²) in [5.41, 5.74) is 2.44. The highest BCUT2D eigenvalue weighted by atomic mass is 16.3. The Bertz CT molecular complexity index is 699. The van der Waals surface area contributed by atoms with E-state index in [-0.39, 0.29) is 11.8 Å². The number of H-pyrrole nitrogens is 1. The van der Waals surface area contributed by atoms with E-state index in [2.05, 4.69) is 20.5 Å². The van der Waals surface area contributed by atoms with Crippen LogP contribution in [0.25, 0.3) is 0 Å². The quantitative estimate of drug-likeness (QED) is 0.777. The number of nitrogens with one attached hydrogen (secondary N) is 2. The zero-order valence-corrected chi connectivity index (χ0v) is 13.3. The number of aryl methyl sites for hydroxylation is 1. The molecule has 0 saturated carbocycles. The van der Waals surface area contributed by atoms with Crippen LogP contribution in [0.2, 0.25) is 0 Å². The summed E-state index contributed by atoms with van der Waals surface area (Å²) in [4.78, 5) is 18.5. The van der Waals surface area contributed by atoms with E-state index in [4.69, 9.17) is 0 Å². The molecule has 3 heterocycles. The molecule has 1 saturated heterocycles. The number of carbonyl (C=O) groups excluding carboxylic acids is 1. The number of likely N-dealkylation sites (tertiary alicyclic amines) is 1. The van der Waals surface area contributed by atoms with Crippen LogP contribution >= 0.6 is 0 Å². The number of aromatic nitrogens is 3. The van der Waals surface area contributed by atoms with Gasteiger partial charge in [-0.3, -0.25) is 9.89 Å². The number of β-amino-alcohol motifs (C(OH)–C–C–N with tert-alkyl or cyclic N) is 1. The Labute approximate surface area is 134 Å². The number of nitrogens with zero attached hydrogens (tertiary/aromatic N) is 3. The molecule has 7 nitrogen and oxygen atoms in total. The highest BCUT2D eigenvalue weighted by Gasteiger charge is 2.35. The van der Waals surface area contributed by atoms with Crippen LogP contribution in [0.5, 0.6) is 0 Å². The minimum absolute atomic E-state index is 0.00337. The number of aromatic amines is 1. The third-order valence-electron chi connectivity index (χ3n) is 4.20. The molecule has 1 aliphatic rings. The number of hydrogen-bond acceptors (Lipinski definition) is 5. The molecule has 2 aromatic heterocycles. The standard InChI is InChI=1S/C16H21N5O2/c1-10-6-12(20-19-10)7-11-8-21(9-14(11)22)16(23)13-4-3-5-18-15(13)17-2/h3-6,11,14,22H,7-9H2,1-2H3,(H,17,18)(H,19,20)/t11-,14+/m1/s1. The van der Waals surface area contributed by atoms with E-state index >= 15 is 0 Å². The van der Waals surface area contributed by atoms with E-state index in [1.165, 1.54) is 0 Å². The molecule has 23 heavy (non-hydrogen) atoms. The number of aliphatic hydroxyl groups excluding tert-OH is 1. The van der Waals surface area contributed by atoms with Gasteiger partial charge in [0, 0.05) is 37.9 Å². The maximum atomic E-state index is 12.7. The largest absolute Gasteiger partial charge is 0.391 e. The number of anilines is 1. The van der Waals surface area contributed by atoms with Crippen molar-refractivity contribution in [3.63, 3.8) is 0 Å². The van der Waals surface area contributed by atoms with Crippen molar-refractivity contribution in [3.05, 3.63) is 41.3 Å². The van der Waals surface area contributed by atoms with Gasteiger partial charge >= 0.3 is 0 Å². The topological polar surface area (TPSA) is 94.1 Å². The van der Waals surface area contributed by atoms with Crippen LogP contribution in [0.15, 0.2) is 24.4 Å². The van der Waals surface area contributed by atoms with Crippen LogP contribution in [0.3, 0.4) is 0 Å². The van der Waals surface area contributed by atoms with Gasteiger partial charge in [-0.25, -0.2) is 4.98 Å². The van der Waals surface area contributed by atoms with Gasteiger partial charge in [-0.05, 0) is 31.5 Å². The van der Waals surface area contributed by atoms with Gasteiger partial charge in [-0.1, -0.05) is 0 Å². The lowest BCUT2D eigenvalue weighted by molar-refractivity contribution is 0.0765. The van der Waals surface area contributed by atoms with E-state index < -0.39 is 6.10 Å². The van der Waals surface area contributed by atoms with Crippen LogP contribution in [0.4, 0.5) is 5.82 Å². The first-order valence-corrected chi connectivity index (χ1v) is 7.69. The summed E-state index contributed by atoms with van der Waals surface area (Å²) in [6.45, 7) is 2.80. The number of pyridine rings is 1. The summed E-state index contributed by atoms with van der Waals surface area (Å²) in [5, 5.41) is 20.3. The van der Waals surface area contributed by atoms with Crippen LogP contribution in [-0.2, 0) is 6.42 Å². The summed E-state index contributed by atoms with van der Waals surface area (Å²) < 4.78 is 0. The minimum atomic E-state index is -0.536. The molecular formula is C16H21N5O2. The van der Waals surface area contributed by atoms with E-state index in [9.17, 15) is 9.90 Å². The maximum Gasteiger partial charge on any atom is 0.257 e. The lowest BCUT2D eigenvalue weighted by Gasteiger charge is -2.17. The van der Waals surface area contributed by atoms with Gasteiger partial charge in [0.2, 0.25) is 0 Å². The van der Waals surface area contributed by atoms with Gasteiger partial charge in [0.1, 0.15) is 5.82 Å². The van der Waals surface area contributed by atoms with Crippen LogP contribution in [-0.4, -0.2) is 57.3 Å². The Morgan fingerprint density at radius 2 is 2.35 bits per heavy atom. The normalized spacial score (nSPS) is 20.7. The molecule has 1 fully saturated rings. The molecule has 1 aliphatic heterocycles. The van der Waals surface area contributed by atoms with Gasteiger partial charge < -0.3 is 15.3 Å². The Morgan fingerprint density at radius 3 is 3.04 bits per heavy atom. The third kappa shape index (κ3) is 3.19. The van der Waals surface area contributed by atoms with Crippen molar-refractivity contribution in [1.29, 1.82) is 0 Å². The molecule has 3 rings (SSSR count). The summed E-state index contributed by atoms with van der Waals surface area (Å²) in [6.07, 6.45) is 1.76. The zero-order chi connectivity index (χ0) is 16.4. The first kappa shape index (κ1) is 15.5. The lowest BCUT2D eigenvalue weighted by Crippen LogP contribution is -2.30. The van der Waals surface area contributed by atoms with Crippen LogP contribution < -0.4 is 5.32 Å². The SMILES string of the molecule is CNc1ncccc1C(=O)N1C[C@@H](Cc2cc(C)[nH]n2)[C@@H](O)C1. The fourth-order valence-electron chi connectivity index (χ4n) is 3.02. The van der Waals surface area contributed by atoms with E-state index in [1.54, 1.807) is 30.3 Å². The van der Waals surface area contributed by atoms with Gasteiger partial charge in [0.15, 0.2) is 0 Å². The zero-order valence-electron chi connectivity index (χ0n) is 13.3. The number of amides is 1. The molecule has 0 spiro atoms. The van der Waals surface area contributed by atoms with Crippen molar-refractivity contribution in [2.45, 2.75) is 19.4 Å². The molecule has 7 heteroatoms. The first-order valence-electron chi connectivity index (χ1n) is 7.69. The molecule has 0 aliphatic carbocycles. The number of carbonyl (C=O) groups is 1. The van der Waals surface area contributed by atoms with Crippen molar-refractivity contribution in [3.8, 4) is 0 Å². The van der Waals surface area contributed by atoms with Gasteiger partial charge in [-0.15, -0.1) is 0 Å². The summed E-state index contributed by atoms with van der Waals surface area (Å²) in [7, 11) is 1.74. The number of aliphatic hydroxyl groups is 1. The van der Waals surface area contributed by atoms with E-state index in [1.807, 2.05) is 13.0 Å². The second kappa shape index (κ2) is 6.37. The molecule has 0 bridgehead atoms. The Kier molecular flexibility index (Phi) is 4.29. The van der Waals surface area contributed by atoms with Crippen molar-refractivity contribution < 1.29 is 9.90 Å². The highest BCUT2D eigenvalue weighted by molar-refractivity contribution is 5.98. The molecular weight excluding hydrogens is 294 g/mol. The predicted molar refractivity (Wildman–Crippen MR) is 86.2 cm³/mol. The molecule has 0 unspecified atom stereocenters. The monoisotopic (exact) mass is 315 g/mol. The molecule has 0 aromatic carbocycles. The average Bonchev–Trinajstić information content (AvgIpc) is 3.13. The first-order chi connectivity index (χ1) is 11.1. The molecule has 0 radical (unpaired) electrons. The van der Waals surface area contributed by atoms with Crippen molar-refractivity contribution in [2.75, 3.05) is 25.5 Å². The Hall–Kier alpha value is -2.41. The smallest absolute Gasteiger partial charge is 0.257 e. The second-order valence-electron chi connectivity index (χ2n) is 5.93. The Balaban J connectivity index is 1.71. The minimum Gasteiger partial charge on any atom is -0.391 e. The average molecular weight is 315 g/mol. The lowest BCUT2D eigenvalue weighted by atomic mass is 10.0. The van der Waals surface area contributed by atoms with Crippen molar-refractivity contribution in [1.82, 2.24) is 20.1 Å². The van der Waals surface area contributed by atoms with Crippen molar-refractivity contribution in [2.24, 2.45) is 5.92 Å². The summed E-state index contributed by atoms with van der Waals surface area (Å²) in [6, 6.07) is 5.46. The number of rotatable bonds is 4. The van der Waals surface area contributed by atoms with Gasteiger partial charge in [0.25, 0.3) is 5.91 Å². The maximum absolute atomic E-state index is 12.7. The van der Waals surface area contributed by atoms with E-state index in [0.717, 1.165) is 11.4 Å². The van der Waals surface area contributed by atoms with Crippen LogP contribution in [0, 0.1) is 12.8 Å². The molecule has 3 N–H and O–H groups in total. The molecule has 2 atom stereocenters. The van der Waals surface area contributed by atoms with Gasteiger partial charge in [0.05, 0.1) is 17.4 Å². The molecule has 1 amide bonds. The fourth-order valence-corrected chi connectivity index (χ4v) is 3.02. The summed E-state index contributed by atoms with van der Waals surface area (Å²) >= 11 is 0. The summed E-state index contributed by atoms with van der Waals surface area (Å²) in [5.74, 6) is 0.442.